The number of aryl methyl sites for hydroxylation is 2. The second kappa shape index (κ2) is 4.20. The summed E-state index contributed by atoms with van der Waals surface area (Å²) in [5.74, 6) is 1.75. The highest BCUT2D eigenvalue weighted by molar-refractivity contribution is 5.75. The summed E-state index contributed by atoms with van der Waals surface area (Å²) in [6.45, 7) is 5.79. The van der Waals surface area contributed by atoms with Gasteiger partial charge in [0.15, 0.2) is 0 Å². The van der Waals surface area contributed by atoms with Gasteiger partial charge in [-0.15, -0.1) is 0 Å². The van der Waals surface area contributed by atoms with Crippen molar-refractivity contribution in [2.24, 2.45) is 0 Å². The molecule has 0 aliphatic heterocycles. The molecule has 0 radical (unpaired) electrons. The van der Waals surface area contributed by atoms with Gasteiger partial charge in [-0.2, -0.15) is 0 Å². The molecule has 1 fully saturated rings. The number of rotatable bonds is 3. The molecule has 0 aromatic carbocycles. The van der Waals surface area contributed by atoms with Crippen LogP contribution in [0.25, 0.3) is 0 Å². The Hall–Kier alpha value is -1.45. The summed E-state index contributed by atoms with van der Waals surface area (Å²) in [7, 11) is 0. The van der Waals surface area contributed by atoms with Crippen LogP contribution in [0.5, 0.6) is 0 Å². The van der Waals surface area contributed by atoms with Crippen LogP contribution in [0, 0.1) is 13.8 Å². The average Bonchev–Trinajstić information content (AvgIpc) is 2.90. The van der Waals surface area contributed by atoms with Gasteiger partial charge in [0.2, 0.25) is 0 Å². The number of carbonyl (C=O) groups is 1. The predicted molar refractivity (Wildman–Crippen MR) is 61.3 cm³/mol. The van der Waals surface area contributed by atoms with Crippen molar-refractivity contribution in [1.82, 2.24) is 10.6 Å². The zero-order valence-corrected chi connectivity index (χ0v) is 9.96. The fourth-order valence-corrected chi connectivity index (χ4v) is 1.81. The van der Waals surface area contributed by atoms with Gasteiger partial charge in [0, 0.05) is 11.6 Å². The van der Waals surface area contributed by atoms with Gasteiger partial charge >= 0.3 is 6.03 Å². The largest absolute Gasteiger partial charge is 0.466 e. The number of furan rings is 1. The Morgan fingerprint density at radius 1 is 1.50 bits per heavy atom. The van der Waals surface area contributed by atoms with E-state index >= 15 is 0 Å². The molecule has 2 N–H and O–H groups in total. The normalized spacial score (nSPS) is 16.9. The van der Waals surface area contributed by atoms with E-state index in [1.165, 1.54) is 0 Å². The van der Waals surface area contributed by atoms with E-state index in [0.29, 0.717) is 6.04 Å². The third-order valence-corrected chi connectivity index (χ3v) is 2.81. The maximum atomic E-state index is 11.5. The zero-order valence-electron chi connectivity index (χ0n) is 9.96. The Balaban J connectivity index is 1.93. The van der Waals surface area contributed by atoms with Gasteiger partial charge in [0.05, 0.1) is 6.04 Å². The van der Waals surface area contributed by atoms with E-state index < -0.39 is 0 Å². The molecule has 1 atom stereocenters. The van der Waals surface area contributed by atoms with Crippen LogP contribution < -0.4 is 10.6 Å². The van der Waals surface area contributed by atoms with E-state index in [1.807, 2.05) is 26.8 Å². The van der Waals surface area contributed by atoms with Gasteiger partial charge in [-0.05, 0) is 39.7 Å². The molecule has 1 aromatic rings. The Morgan fingerprint density at radius 3 is 2.69 bits per heavy atom. The highest BCUT2D eigenvalue weighted by Crippen LogP contribution is 2.22. The van der Waals surface area contributed by atoms with Crippen LogP contribution in [-0.2, 0) is 0 Å². The van der Waals surface area contributed by atoms with Gasteiger partial charge in [-0.1, -0.05) is 0 Å². The van der Waals surface area contributed by atoms with Gasteiger partial charge < -0.3 is 15.1 Å². The molecule has 88 valence electrons. The molecule has 0 spiro atoms. The van der Waals surface area contributed by atoms with Crippen molar-refractivity contribution in [2.45, 2.75) is 45.7 Å². The molecule has 4 heteroatoms. The first kappa shape index (κ1) is 11.0. The Labute approximate surface area is 95.4 Å². The lowest BCUT2D eigenvalue weighted by Crippen LogP contribution is -2.38. The van der Waals surface area contributed by atoms with Crippen LogP contribution in [0.3, 0.4) is 0 Å². The predicted octanol–water partition coefficient (Wildman–Crippen LogP) is 2.42. The Bertz CT molecular complexity index is 394. The number of carbonyl (C=O) groups excluding carboxylic acids is 1. The third-order valence-electron chi connectivity index (χ3n) is 2.81. The van der Waals surface area contributed by atoms with Crippen molar-refractivity contribution < 1.29 is 9.21 Å². The second-order valence-electron chi connectivity index (χ2n) is 4.48. The van der Waals surface area contributed by atoms with E-state index in [0.717, 1.165) is 29.9 Å². The smallest absolute Gasteiger partial charge is 0.315 e. The minimum atomic E-state index is -0.0896. The number of hydrogen-bond donors (Lipinski definition) is 2. The first-order chi connectivity index (χ1) is 7.56. The molecule has 2 amide bonds. The molecule has 0 saturated heterocycles. The van der Waals surface area contributed by atoms with Gasteiger partial charge in [0.1, 0.15) is 11.5 Å². The second-order valence-corrected chi connectivity index (χ2v) is 4.48. The van der Waals surface area contributed by atoms with Crippen LogP contribution in [0.4, 0.5) is 4.79 Å². The summed E-state index contributed by atoms with van der Waals surface area (Å²) >= 11 is 0. The molecule has 1 aliphatic rings. The molecular formula is C12H18N2O2. The molecule has 16 heavy (non-hydrogen) atoms. The molecule has 1 unspecified atom stereocenters. The van der Waals surface area contributed by atoms with Gasteiger partial charge in [0.25, 0.3) is 0 Å². The van der Waals surface area contributed by atoms with Crippen molar-refractivity contribution >= 4 is 6.03 Å². The monoisotopic (exact) mass is 222 g/mol. The number of amides is 2. The van der Waals surface area contributed by atoms with Gasteiger partial charge in [-0.25, -0.2) is 4.79 Å². The first-order valence-corrected chi connectivity index (χ1v) is 5.70. The fourth-order valence-electron chi connectivity index (χ4n) is 1.81. The molecule has 1 heterocycles. The van der Waals surface area contributed by atoms with Crippen LogP contribution >= 0.6 is 0 Å². The molecule has 2 rings (SSSR count). The van der Waals surface area contributed by atoms with E-state index in [9.17, 15) is 4.79 Å². The van der Waals surface area contributed by atoms with Crippen LogP contribution in [-0.4, -0.2) is 12.1 Å². The quantitative estimate of drug-likeness (QED) is 0.825. The van der Waals surface area contributed by atoms with Crippen molar-refractivity contribution in [3.05, 3.63) is 23.2 Å². The van der Waals surface area contributed by atoms with Crippen molar-refractivity contribution in [1.29, 1.82) is 0 Å². The van der Waals surface area contributed by atoms with E-state index in [2.05, 4.69) is 10.6 Å². The van der Waals surface area contributed by atoms with Gasteiger partial charge in [-0.3, -0.25) is 0 Å². The SMILES string of the molecule is Cc1cc(C(C)NC(=O)NC2CC2)c(C)o1. The zero-order chi connectivity index (χ0) is 11.7. The standard InChI is InChI=1S/C12H18N2O2/c1-7-6-11(9(3)16-7)8(2)13-12(15)14-10-4-5-10/h6,8,10H,4-5H2,1-3H3,(H2,13,14,15). The number of nitrogens with one attached hydrogen (secondary N) is 2. The minimum absolute atomic E-state index is 0.0174. The molecular weight excluding hydrogens is 204 g/mol. The molecule has 1 aromatic heterocycles. The summed E-state index contributed by atoms with van der Waals surface area (Å²) in [6.07, 6.45) is 2.21. The third kappa shape index (κ3) is 2.56. The van der Waals surface area contributed by atoms with Crippen molar-refractivity contribution in [3.63, 3.8) is 0 Å². The maximum absolute atomic E-state index is 11.5. The Kier molecular flexibility index (Phi) is 2.90. The van der Waals surface area contributed by atoms with Crippen LogP contribution in [0.2, 0.25) is 0 Å². The van der Waals surface area contributed by atoms with Crippen LogP contribution in [0.1, 0.15) is 42.9 Å². The highest BCUT2D eigenvalue weighted by Gasteiger charge is 2.24. The number of hydrogen-bond acceptors (Lipinski definition) is 2. The summed E-state index contributed by atoms with van der Waals surface area (Å²) in [6, 6.07) is 2.25. The highest BCUT2D eigenvalue weighted by atomic mass is 16.3. The average molecular weight is 222 g/mol. The number of urea groups is 1. The summed E-state index contributed by atoms with van der Waals surface area (Å²) < 4.78 is 5.44. The molecule has 1 saturated carbocycles. The van der Waals surface area contributed by atoms with E-state index in [1.54, 1.807) is 0 Å². The van der Waals surface area contributed by atoms with Crippen LogP contribution in [0.15, 0.2) is 10.5 Å². The molecule has 1 aliphatic carbocycles. The van der Waals surface area contributed by atoms with Crippen molar-refractivity contribution in [3.8, 4) is 0 Å². The maximum Gasteiger partial charge on any atom is 0.315 e. The fraction of sp³-hybridized carbons (Fsp3) is 0.583. The van der Waals surface area contributed by atoms with E-state index in [-0.39, 0.29) is 12.1 Å². The topological polar surface area (TPSA) is 54.3 Å². The summed E-state index contributed by atoms with van der Waals surface area (Å²) in [4.78, 5) is 11.5. The van der Waals surface area contributed by atoms with E-state index in [4.69, 9.17) is 4.42 Å². The first-order valence-electron chi connectivity index (χ1n) is 5.70. The lowest BCUT2D eigenvalue weighted by molar-refractivity contribution is 0.237. The lowest BCUT2D eigenvalue weighted by Gasteiger charge is -2.13. The molecule has 4 nitrogen and oxygen atoms in total. The Morgan fingerprint density at radius 2 is 2.19 bits per heavy atom. The summed E-state index contributed by atoms with van der Waals surface area (Å²) in [5.41, 5.74) is 1.04. The minimum Gasteiger partial charge on any atom is -0.466 e. The summed E-state index contributed by atoms with van der Waals surface area (Å²) in [5, 5.41) is 5.81. The molecule has 0 bridgehead atoms. The lowest BCUT2D eigenvalue weighted by atomic mass is 10.1. The van der Waals surface area contributed by atoms with Crippen molar-refractivity contribution in [2.75, 3.05) is 0 Å².